The molecule has 4 atom stereocenters. The number of hydrogen-bond acceptors (Lipinski definition) is 4. The molecule has 2 aliphatic carbocycles. The van der Waals surface area contributed by atoms with E-state index in [-0.39, 0.29) is 23.5 Å². The van der Waals surface area contributed by atoms with Gasteiger partial charge in [-0.1, -0.05) is 13.0 Å². The van der Waals surface area contributed by atoms with Gasteiger partial charge < -0.3 is 5.11 Å². The highest BCUT2D eigenvalue weighted by molar-refractivity contribution is 5.96. The summed E-state index contributed by atoms with van der Waals surface area (Å²) in [6, 6.07) is 0. The maximum Gasteiger partial charge on any atom is 0.222 e. The fourth-order valence-electron chi connectivity index (χ4n) is 3.79. The van der Waals surface area contributed by atoms with Crippen molar-refractivity contribution in [3.05, 3.63) is 22.8 Å². The molecule has 4 heteroatoms. The minimum atomic E-state index is -1.32. The molecule has 0 aromatic heterocycles. The molecule has 0 amide bonds. The molecule has 0 radical (unpaired) electrons. The number of hydrogen-bond donors (Lipinski definition) is 1. The van der Waals surface area contributed by atoms with E-state index in [9.17, 15) is 9.90 Å². The van der Waals surface area contributed by atoms with Crippen LogP contribution in [0.2, 0.25) is 0 Å². The number of carbonyl (C=O) groups is 1. The van der Waals surface area contributed by atoms with Crippen molar-refractivity contribution < 1.29 is 19.7 Å². The molecule has 1 N–H and O–H groups in total. The summed E-state index contributed by atoms with van der Waals surface area (Å²) in [4.78, 5) is 22.2. The van der Waals surface area contributed by atoms with Gasteiger partial charge in [0.2, 0.25) is 5.79 Å². The Bertz CT molecular complexity index is 490. The zero-order valence-corrected chi connectivity index (χ0v) is 11.6. The number of Topliss-reactive ketones (excluding diaryl/α,β-unsaturated/α-hetero) is 1. The standard InChI is InChI=1S/C15H20O4/c1-8-4-12-11(5-13(8)16)9(2)6-15(17)14(12)10(3)7-18-19-15/h4,9,11-12,17H,5-7H2,1-3H3/t9-,11+,12+,15+/m1/s1. The average Bonchev–Trinajstić information content (AvgIpc) is 2.31. The molecule has 3 rings (SSSR count). The monoisotopic (exact) mass is 264 g/mol. The molecule has 19 heavy (non-hydrogen) atoms. The quantitative estimate of drug-likeness (QED) is 0.538. The summed E-state index contributed by atoms with van der Waals surface area (Å²) in [7, 11) is 0. The van der Waals surface area contributed by atoms with Crippen LogP contribution in [0.5, 0.6) is 0 Å². The first-order chi connectivity index (χ1) is 8.92. The van der Waals surface area contributed by atoms with Crippen molar-refractivity contribution in [1.29, 1.82) is 0 Å². The largest absolute Gasteiger partial charge is 0.360 e. The summed E-state index contributed by atoms with van der Waals surface area (Å²) in [5.74, 6) is -0.509. The SMILES string of the molecule is CC1=C[C@@H]2C3=C(C)COO[C@@]3(O)C[C@@H](C)[C@@H]2CC1=O. The summed E-state index contributed by atoms with van der Waals surface area (Å²) in [6.45, 7) is 6.28. The first kappa shape index (κ1) is 13.0. The van der Waals surface area contributed by atoms with Gasteiger partial charge in [0.1, 0.15) is 6.61 Å². The maximum absolute atomic E-state index is 11.9. The predicted molar refractivity (Wildman–Crippen MR) is 68.8 cm³/mol. The van der Waals surface area contributed by atoms with Crippen molar-refractivity contribution >= 4 is 5.78 Å². The van der Waals surface area contributed by atoms with Gasteiger partial charge in [-0.05, 0) is 42.4 Å². The van der Waals surface area contributed by atoms with E-state index < -0.39 is 5.79 Å². The average molecular weight is 264 g/mol. The number of allylic oxidation sites excluding steroid dienone is 2. The topological polar surface area (TPSA) is 55.8 Å². The van der Waals surface area contributed by atoms with Crippen molar-refractivity contribution in [2.45, 2.75) is 39.4 Å². The third-order valence-electron chi connectivity index (χ3n) is 4.77. The first-order valence-corrected chi connectivity index (χ1v) is 6.87. The van der Waals surface area contributed by atoms with E-state index in [1.54, 1.807) is 0 Å². The van der Waals surface area contributed by atoms with E-state index in [4.69, 9.17) is 9.78 Å². The van der Waals surface area contributed by atoms with E-state index in [1.807, 2.05) is 19.9 Å². The number of carbonyl (C=O) groups excluding carboxylic acids is 1. The van der Waals surface area contributed by atoms with Crippen LogP contribution in [0.25, 0.3) is 0 Å². The minimum absolute atomic E-state index is 0.0929. The van der Waals surface area contributed by atoms with Crippen LogP contribution in [0.3, 0.4) is 0 Å². The van der Waals surface area contributed by atoms with Gasteiger partial charge in [-0.2, -0.15) is 4.89 Å². The van der Waals surface area contributed by atoms with Crippen LogP contribution in [0, 0.1) is 17.8 Å². The molecule has 4 nitrogen and oxygen atoms in total. The molecular weight excluding hydrogens is 244 g/mol. The highest BCUT2D eigenvalue weighted by atomic mass is 17.2. The molecule has 3 aliphatic rings. The van der Waals surface area contributed by atoms with Crippen LogP contribution in [-0.4, -0.2) is 23.3 Å². The number of aliphatic hydroxyl groups is 1. The first-order valence-electron chi connectivity index (χ1n) is 6.87. The van der Waals surface area contributed by atoms with E-state index in [1.165, 1.54) is 0 Å². The Morgan fingerprint density at radius 1 is 1.42 bits per heavy atom. The molecule has 0 saturated heterocycles. The molecule has 104 valence electrons. The Morgan fingerprint density at radius 2 is 2.16 bits per heavy atom. The summed E-state index contributed by atoms with van der Waals surface area (Å²) in [5, 5.41) is 10.7. The van der Waals surface area contributed by atoms with Crippen molar-refractivity contribution in [1.82, 2.24) is 0 Å². The Hall–Kier alpha value is -0.970. The van der Waals surface area contributed by atoms with Crippen LogP contribution in [0.15, 0.2) is 22.8 Å². The van der Waals surface area contributed by atoms with Gasteiger partial charge in [0.15, 0.2) is 5.78 Å². The van der Waals surface area contributed by atoms with Gasteiger partial charge in [-0.3, -0.25) is 4.79 Å². The van der Waals surface area contributed by atoms with E-state index >= 15 is 0 Å². The number of fused-ring (bicyclic) bond motifs is 3. The summed E-state index contributed by atoms with van der Waals surface area (Å²) >= 11 is 0. The third kappa shape index (κ3) is 1.90. The van der Waals surface area contributed by atoms with E-state index in [0.717, 1.165) is 16.7 Å². The van der Waals surface area contributed by atoms with Crippen LogP contribution in [0.1, 0.15) is 33.6 Å². The summed E-state index contributed by atoms with van der Waals surface area (Å²) < 4.78 is 0. The van der Waals surface area contributed by atoms with Gasteiger partial charge in [-0.15, -0.1) is 0 Å². The molecule has 0 unspecified atom stereocenters. The zero-order valence-electron chi connectivity index (χ0n) is 11.6. The lowest BCUT2D eigenvalue weighted by molar-refractivity contribution is -0.420. The van der Waals surface area contributed by atoms with Gasteiger partial charge in [-0.25, -0.2) is 4.89 Å². The van der Waals surface area contributed by atoms with Gasteiger partial charge in [0, 0.05) is 18.8 Å². The molecule has 0 bridgehead atoms. The lowest BCUT2D eigenvalue weighted by atomic mass is 9.62. The van der Waals surface area contributed by atoms with Crippen molar-refractivity contribution in [3.8, 4) is 0 Å². The summed E-state index contributed by atoms with van der Waals surface area (Å²) in [5.41, 5.74) is 2.73. The van der Waals surface area contributed by atoms with E-state index in [0.29, 0.717) is 19.4 Å². The molecule has 0 aromatic rings. The molecule has 1 saturated carbocycles. The van der Waals surface area contributed by atoms with Crippen LogP contribution >= 0.6 is 0 Å². The lowest BCUT2D eigenvalue weighted by Gasteiger charge is -2.49. The molecule has 0 aromatic carbocycles. The zero-order chi connectivity index (χ0) is 13.8. The number of ketones is 1. The Morgan fingerprint density at radius 3 is 2.89 bits per heavy atom. The second-order valence-corrected chi connectivity index (χ2v) is 6.17. The Kier molecular flexibility index (Phi) is 2.93. The van der Waals surface area contributed by atoms with Crippen LogP contribution in [0.4, 0.5) is 0 Å². The Balaban J connectivity index is 2.11. The Labute approximate surface area is 113 Å². The van der Waals surface area contributed by atoms with Crippen LogP contribution < -0.4 is 0 Å². The number of rotatable bonds is 0. The fourth-order valence-corrected chi connectivity index (χ4v) is 3.79. The fraction of sp³-hybridized carbons (Fsp3) is 0.667. The molecule has 1 aliphatic heterocycles. The minimum Gasteiger partial charge on any atom is -0.360 e. The molecule has 0 spiro atoms. The highest BCUT2D eigenvalue weighted by Gasteiger charge is 2.52. The van der Waals surface area contributed by atoms with E-state index in [2.05, 4.69) is 6.92 Å². The second kappa shape index (κ2) is 4.27. The van der Waals surface area contributed by atoms with Gasteiger partial charge >= 0.3 is 0 Å². The van der Waals surface area contributed by atoms with Crippen molar-refractivity contribution in [2.24, 2.45) is 17.8 Å². The third-order valence-corrected chi connectivity index (χ3v) is 4.77. The lowest BCUT2D eigenvalue weighted by Crippen LogP contribution is -2.51. The summed E-state index contributed by atoms with van der Waals surface area (Å²) in [6.07, 6.45) is 3.06. The molecular formula is C15H20O4. The van der Waals surface area contributed by atoms with Crippen molar-refractivity contribution in [2.75, 3.05) is 6.61 Å². The molecule has 1 fully saturated rings. The van der Waals surface area contributed by atoms with Gasteiger partial charge in [0.05, 0.1) is 0 Å². The van der Waals surface area contributed by atoms with Crippen LogP contribution in [-0.2, 0) is 14.6 Å². The predicted octanol–water partition coefficient (Wildman–Crippen LogP) is 2.14. The maximum atomic E-state index is 11.9. The normalized spacial score (nSPS) is 42.6. The highest BCUT2D eigenvalue weighted by Crippen LogP contribution is 2.51. The molecule has 1 heterocycles. The smallest absolute Gasteiger partial charge is 0.222 e. The van der Waals surface area contributed by atoms with Gasteiger partial charge in [0.25, 0.3) is 0 Å². The van der Waals surface area contributed by atoms with Crippen molar-refractivity contribution in [3.63, 3.8) is 0 Å². The second-order valence-electron chi connectivity index (χ2n) is 6.17.